The van der Waals surface area contributed by atoms with Crippen molar-refractivity contribution in [1.82, 2.24) is 10.3 Å². The van der Waals surface area contributed by atoms with Crippen molar-refractivity contribution in [2.75, 3.05) is 6.54 Å². The van der Waals surface area contributed by atoms with Gasteiger partial charge in [-0.25, -0.2) is 0 Å². The minimum absolute atomic E-state index is 0. The molecular formula is C10H13ClN2O3. The van der Waals surface area contributed by atoms with Gasteiger partial charge in [0, 0.05) is 25.4 Å². The number of carboxylic acid groups (broad SMARTS) is 1. The highest BCUT2D eigenvalue weighted by molar-refractivity contribution is 5.85. The largest absolute Gasteiger partial charge is 0.489 e. The Morgan fingerprint density at radius 3 is 2.75 bits per heavy atom. The molecule has 1 aliphatic heterocycles. The van der Waals surface area contributed by atoms with Crippen LogP contribution in [0, 0.1) is 0 Å². The van der Waals surface area contributed by atoms with Crippen molar-refractivity contribution in [1.29, 1.82) is 0 Å². The molecule has 1 aliphatic rings. The van der Waals surface area contributed by atoms with E-state index in [0.717, 1.165) is 5.75 Å². The molecule has 0 aliphatic carbocycles. The second-order valence-electron chi connectivity index (χ2n) is 3.46. The fourth-order valence-corrected chi connectivity index (χ4v) is 1.59. The molecule has 0 aromatic carbocycles. The van der Waals surface area contributed by atoms with E-state index in [1.165, 1.54) is 0 Å². The van der Waals surface area contributed by atoms with Crippen LogP contribution in [0.2, 0.25) is 0 Å². The highest BCUT2D eigenvalue weighted by atomic mass is 35.5. The Morgan fingerprint density at radius 2 is 2.19 bits per heavy atom. The van der Waals surface area contributed by atoms with Crippen LogP contribution in [0.5, 0.6) is 5.75 Å². The van der Waals surface area contributed by atoms with Crippen LogP contribution in [-0.4, -0.2) is 34.8 Å². The SMILES string of the molecule is Cl.O=C(O)[C@H]1C[C@@H](Oc2ccncc2)CN1. The lowest BCUT2D eigenvalue weighted by molar-refractivity contribution is -0.139. The summed E-state index contributed by atoms with van der Waals surface area (Å²) in [5.41, 5.74) is 0. The number of carboxylic acids is 1. The number of aromatic nitrogens is 1. The molecule has 1 saturated heterocycles. The number of carbonyl (C=O) groups is 1. The summed E-state index contributed by atoms with van der Waals surface area (Å²) >= 11 is 0. The van der Waals surface area contributed by atoms with E-state index < -0.39 is 12.0 Å². The summed E-state index contributed by atoms with van der Waals surface area (Å²) in [5, 5.41) is 11.7. The Bertz CT molecular complexity index is 347. The molecule has 0 bridgehead atoms. The predicted octanol–water partition coefficient (Wildman–Crippen LogP) is 0.697. The van der Waals surface area contributed by atoms with E-state index in [0.29, 0.717) is 13.0 Å². The fourth-order valence-electron chi connectivity index (χ4n) is 1.59. The predicted molar refractivity (Wildman–Crippen MR) is 59.9 cm³/mol. The molecule has 0 amide bonds. The van der Waals surface area contributed by atoms with Gasteiger partial charge in [-0.3, -0.25) is 9.78 Å². The molecule has 0 radical (unpaired) electrons. The number of hydrogen-bond acceptors (Lipinski definition) is 4. The van der Waals surface area contributed by atoms with E-state index in [4.69, 9.17) is 9.84 Å². The van der Waals surface area contributed by atoms with Crippen molar-refractivity contribution >= 4 is 18.4 Å². The van der Waals surface area contributed by atoms with Gasteiger partial charge in [-0.2, -0.15) is 0 Å². The maximum Gasteiger partial charge on any atom is 0.320 e. The molecule has 1 fully saturated rings. The average Bonchev–Trinajstić information content (AvgIpc) is 2.68. The first-order valence-corrected chi connectivity index (χ1v) is 4.78. The van der Waals surface area contributed by atoms with E-state index in [1.54, 1.807) is 24.5 Å². The third-order valence-electron chi connectivity index (χ3n) is 2.34. The van der Waals surface area contributed by atoms with Crippen molar-refractivity contribution in [3.05, 3.63) is 24.5 Å². The monoisotopic (exact) mass is 244 g/mol. The molecule has 1 aromatic heterocycles. The van der Waals surface area contributed by atoms with Gasteiger partial charge in [-0.15, -0.1) is 12.4 Å². The van der Waals surface area contributed by atoms with Crippen molar-refractivity contribution in [2.45, 2.75) is 18.6 Å². The summed E-state index contributed by atoms with van der Waals surface area (Å²) in [5.74, 6) is -0.0985. The van der Waals surface area contributed by atoms with Crippen molar-refractivity contribution < 1.29 is 14.6 Å². The van der Waals surface area contributed by atoms with E-state index in [2.05, 4.69) is 10.3 Å². The summed E-state index contributed by atoms with van der Waals surface area (Å²) in [7, 11) is 0. The molecule has 0 unspecified atom stereocenters. The summed E-state index contributed by atoms with van der Waals surface area (Å²) in [6.45, 7) is 0.569. The summed E-state index contributed by atoms with van der Waals surface area (Å²) in [6, 6.07) is 3.03. The smallest absolute Gasteiger partial charge is 0.320 e. The molecule has 2 N–H and O–H groups in total. The zero-order valence-electron chi connectivity index (χ0n) is 8.50. The first kappa shape index (κ1) is 12.7. The highest BCUT2D eigenvalue weighted by Crippen LogP contribution is 2.15. The van der Waals surface area contributed by atoms with Gasteiger partial charge < -0.3 is 15.2 Å². The number of pyridine rings is 1. The first-order chi connectivity index (χ1) is 7.25. The maximum absolute atomic E-state index is 10.7. The van der Waals surface area contributed by atoms with Crippen LogP contribution >= 0.6 is 12.4 Å². The molecule has 16 heavy (non-hydrogen) atoms. The van der Waals surface area contributed by atoms with Crippen LogP contribution in [0.25, 0.3) is 0 Å². The van der Waals surface area contributed by atoms with Crippen LogP contribution in [0.3, 0.4) is 0 Å². The number of nitrogens with one attached hydrogen (secondary N) is 1. The topological polar surface area (TPSA) is 71.5 Å². The molecule has 2 heterocycles. The third kappa shape index (κ3) is 3.08. The lowest BCUT2D eigenvalue weighted by Gasteiger charge is -2.11. The van der Waals surface area contributed by atoms with Crippen LogP contribution in [0.1, 0.15) is 6.42 Å². The second kappa shape index (κ2) is 5.67. The quantitative estimate of drug-likeness (QED) is 0.819. The van der Waals surface area contributed by atoms with Crippen LogP contribution in [0.4, 0.5) is 0 Å². The summed E-state index contributed by atoms with van der Waals surface area (Å²) in [4.78, 5) is 14.5. The molecule has 88 valence electrons. The Labute approximate surface area is 99.2 Å². The molecule has 2 atom stereocenters. The van der Waals surface area contributed by atoms with E-state index >= 15 is 0 Å². The molecule has 2 rings (SSSR count). The van der Waals surface area contributed by atoms with Crippen molar-refractivity contribution in [2.24, 2.45) is 0 Å². The second-order valence-corrected chi connectivity index (χ2v) is 3.46. The van der Waals surface area contributed by atoms with Gasteiger partial charge in [0.1, 0.15) is 17.9 Å². The van der Waals surface area contributed by atoms with Gasteiger partial charge in [-0.1, -0.05) is 0 Å². The number of nitrogens with zero attached hydrogens (tertiary/aromatic N) is 1. The Balaban J connectivity index is 0.00000128. The molecule has 0 saturated carbocycles. The standard InChI is InChI=1S/C10H12N2O3.ClH/c13-10(14)9-5-8(6-12-9)15-7-1-3-11-4-2-7;/h1-4,8-9,12H,5-6H2,(H,13,14);1H/t8-,9-;/m1./s1. The van der Waals surface area contributed by atoms with Gasteiger partial charge >= 0.3 is 5.97 Å². The zero-order chi connectivity index (χ0) is 10.7. The van der Waals surface area contributed by atoms with Crippen LogP contribution < -0.4 is 10.1 Å². The number of ether oxygens (including phenoxy) is 1. The van der Waals surface area contributed by atoms with E-state index in [9.17, 15) is 4.79 Å². The Kier molecular flexibility index (Phi) is 4.52. The molecule has 5 nitrogen and oxygen atoms in total. The lowest BCUT2D eigenvalue weighted by atomic mass is 10.2. The minimum atomic E-state index is -0.823. The van der Waals surface area contributed by atoms with Gasteiger partial charge in [-0.05, 0) is 12.1 Å². The zero-order valence-corrected chi connectivity index (χ0v) is 9.31. The van der Waals surface area contributed by atoms with Gasteiger partial charge in [0.05, 0.1) is 0 Å². The Hall–Kier alpha value is -1.33. The van der Waals surface area contributed by atoms with E-state index in [-0.39, 0.29) is 18.5 Å². The summed E-state index contributed by atoms with van der Waals surface area (Å²) < 4.78 is 5.59. The van der Waals surface area contributed by atoms with Crippen molar-refractivity contribution in [3.63, 3.8) is 0 Å². The van der Waals surface area contributed by atoms with Gasteiger partial charge in [0.2, 0.25) is 0 Å². The molecule has 1 aromatic rings. The molecule has 0 spiro atoms. The van der Waals surface area contributed by atoms with E-state index in [1.807, 2.05) is 0 Å². The van der Waals surface area contributed by atoms with Crippen LogP contribution in [-0.2, 0) is 4.79 Å². The molecular weight excluding hydrogens is 232 g/mol. The van der Waals surface area contributed by atoms with Crippen LogP contribution in [0.15, 0.2) is 24.5 Å². The number of hydrogen-bond donors (Lipinski definition) is 2. The number of aliphatic carboxylic acids is 1. The lowest BCUT2D eigenvalue weighted by Crippen LogP contribution is -2.30. The van der Waals surface area contributed by atoms with Gasteiger partial charge in [0.25, 0.3) is 0 Å². The molecule has 6 heteroatoms. The third-order valence-corrected chi connectivity index (χ3v) is 2.34. The van der Waals surface area contributed by atoms with Crippen molar-refractivity contribution in [3.8, 4) is 5.75 Å². The maximum atomic E-state index is 10.7. The average molecular weight is 245 g/mol. The van der Waals surface area contributed by atoms with Gasteiger partial charge in [0.15, 0.2) is 0 Å². The summed E-state index contributed by atoms with van der Waals surface area (Å²) in [6.07, 6.45) is 3.71. The normalized spacial score (nSPS) is 23.5. The highest BCUT2D eigenvalue weighted by Gasteiger charge is 2.30. The number of halogens is 1. The Morgan fingerprint density at radius 1 is 1.50 bits per heavy atom. The first-order valence-electron chi connectivity index (χ1n) is 4.78. The minimum Gasteiger partial charge on any atom is -0.489 e. The number of rotatable bonds is 3. The fraction of sp³-hybridized carbons (Fsp3) is 0.400.